The number of hydrogen-bond donors (Lipinski definition) is 1. The predicted molar refractivity (Wildman–Crippen MR) is 80.7 cm³/mol. The van der Waals surface area contributed by atoms with Crippen molar-refractivity contribution in [1.82, 2.24) is 15.3 Å². The first kappa shape index (κ1) is 14.1. The van der Waals surface area contributed by atoms with Crippen LogP contribution in [0.5, 0.6) is 0 Å². The van der Waals surface area contributed by atoms with E-state index in [1.165, 1.54) is 18.1 Å². The van der Waals surface area contributed by atoms with Gasteiger partial charge >= 0.3 is 0 Å². The van der Waals surface area contributed by atoms with Crippen LogP contribution in [0.2, 0.25) is 0 Å². The van der Waals surface area contributed by atoms with Gasteiger partial charge in [-0.1, -0.05) is 18.2 Å². The third-order valence-electron chi connectivity index (χ3n) is 4.09. The number of nitrogens with one attached hydrogen (secondary N) is 1. The molecule has 4 heteroatoms. The van der Waals surface area contributed by atoms with Gasteiger partial charge in [0.05, 0.1) is 0 Å². The van der Waals surface area contributed by atoms with E-state index in [9.17, 15) is 4.39 Å². The van der Waals surface area contributed by atoms with Crippen molar-refractivity contribution in [2.45, 2.75) is 39.2 Å². The first-order valence-electron chi connectivity index (χ1n) is 7.46. The number of rotatable bonds is 3. The van der Waals surface area contributed by atoms with Crippen molar-refractivity contribution in [3.8, 4) is 0 Å². The Morgan fingerprint density at radius 1 is 1.19 bits per heavy atom. The molecule has 3 nitrogen and oxygen atoms in total. The largest absolute Gasteiger partial charge is 0.310 e. The van der Waals surface area contributed by atoms with Crippen molar-refractivity contribution in [3.05, 3.63) is 58.4 Å². The van der Waals surface area contributed by atoms with E-state index in [2.05, 4.69) is 15.3 Å². The van der Waals surface area contributed by atoms with Crippen molar-refractivity contribution in [1.29, 1.82) is 0 Å². The maximum absolute atomic E-state index is 13.7. The van der Waals surface area contributed by atoms with Crippen LogP contribution in [0.3, 0.4) is 0 Å². The lowest BCUT2D eigenvalue weighted by Gasteiger charge is -2.16. The highest BCUT2D eigenvalue weighted by molar-refractivity contribution is 5.30. The average Bonchev–Trinajstić information content (AvgIpc) is 2.94. The number of hydrogen-bond acceptors (Lipinski definition) is 3. The second kappa shape index (κ2) is 5.90. The van der Waals surface area contributed by atoms with E-state index < -0.39 is 0 Å². The standard InChI is InChI=1S/C17H20FN3/c1-11-17(15-8-5-9-19-15)12(2)21-16(20-11)10-13-6-3-4-7-14(13)18/h3-4,6-7,15,19H,5,8-10H2,1-2H3. The van der Waals surface area contributed by atoms with Crippen molar-refractivity contribution >= 4 is 0 Å². The SMILES string of the molecule is Cc1nc(Cc2ccccc2F)nc(C)c1C1CCCN1. The van der Waals surface area contributed by atoms with Gasteiger partial charge < -0.3 is 5.32 Å². The molecule has 1 aliphatic heterocycles. The molecule has 1 aromatic carbocycles. The lowest BCUT2D eigenvalue weighted by molar-refractivity contribution is 0.609. The van der Waals surface area contributed by atoms with Crippen molar-refractivity contribution in [2.24, 2.45) is 0 Å². The molecule has 0 bridgehead atoms. The smallest absolute Gasteiger partial charge is 0.133 e. The van der Waals surface area contributed by atoms with Crippen LogP contribution in [0.25, 0.3) is 0 Å². The summed E-state index contributed by atoms with van der Waals surface area (Å²) in [5, 5.41) is 3.49. The van der Waals surface area contributed by atoms with Crippen LogP contribution < -0.4 is 5.32 Å². The predicted octanol–water partition coefficient (Wildman–Crippen LogP) is 3.25. The number of halogens is 1. The summed E-state index contributed by atoms with van der Waals surface area (Å²) in [4.78, 5) is 9.19. The maximum Gasteiger partial charge on any atom is 0.133 e. The summed E-state index contributed by atoms with van der Waals surface area (Å²) in [6, 6.07) is 7.18. The second-order valence-electron chi connectivity index (χ2n) is 5.64. The minimum absolute atomic E-state index is 0.196. The first-order chi connectivity index (χ1) is 10.1. The highest BCUT2D eigenvalue weighted by Gasteiger charge is 2.22. The molecule has 0 radical (unpaired) electrons. The summed E-state index contributed by atoms with van der Waals surface area (Å²) in [5.74, 6) is 0.495. The van der Waals surface area contributed by atoms with Gasteiger partial charge in [0.2, 0.25) is 0 Å². The molecule has 1 fully saturated rings. The third kappa shape index (κ3) is 2.95. The third-order valence-corrected chi connectivity index (χ3v) is 4.09. The van der Waals surface area contributed by atoms with Crippen molar-refractivity contribution < 1.29 is 4.39 Å². The molecule has 0 saturated carbocycles. The fraction of sp³-hybridized carbons (Fsp3) is 0.412. The fourth-order valence-corrected chi connectivity index (χ4v) is 3.12. The maximum atomic E-state index is 13.7. The summed E-state index contributed by atoms with van der Waals surface area (Å²) in [6.07, 6.45) is 2.77. The topological polar surface area (TPSA) is 37.8 Å². The molecule has 0 spiro atoms. The van der Waals surface area contributed by atoms with Gasteiger partial charge in [0.15, 0.2) is 0 Å². The van der Waals surface area contributed by atoms with Crippen LogP contribution in [-0.4, -0.2) is 16.5 Å². The van der Waals surface area contributed by atoms with Crippen molar-refractivity contribution in [2.75, 3.05) is 6.54 Å². The van der Waals surface area contributed by atoms with Crippen LogP contribution in [0.4, 0.5) is 4.39 Å². The molecule has 1 atom stereocenters. The number of aromatic nitrogens is 2. The Morgan fingerprint density at radius 2 is 1.90 bits per heavy atom. The number of benzene rings is 1. The summed E-state index contributed by atoms with van der Waals surface area (Å²) in [5.41, 5.74) is 3.87. The zero-order chi connectivity index (χ0) is 14.8. The zero-order valence-electron chi connectivity index (χ0n) is 12.5. The Bertz CT molecular complexity index is 625. The monoisotopic (exact) mass is 285 g/mol. The second-order valence-corrected chi connectivity index (χ2v) is 5.64. The minimum atomic E-state index is -0.196. The molecular formula is C17H20FN3. The van der Waals surface area contributed by atoms with Gasteiger partial charge in [0.25, 0.3) is 0 Å². The molecule has 0 amide bonds. The summed E-state index contributed by atoms with van der Waals surface area (Å²) in [6.45, 7) is 5.10. The number of aryl methyl sites for hydroxylation is 2. The van der Waals surface area contributed by atoms with E-state index in [-0.39, 0.29) is 5.82 Å². The summed E-state index contributed by atoms with van der Waals surface area (Å²) < 4.78 is 13.7. The Balaban J connectivity index is 1.89. The quantitative estimate of drug-likeness (QED) is 0.940. The highest BCUT2D eigenvalue weighted by atomic mass is 19.1. The average molecular weight is 285 g/mol. The molecule has 0 aliphatic carbocycles. The van der Waals surface area contributed by atoms with Crippen molar-refractivity contribution in [3.63, 3.8) is 0 Å². The van der Waals surface area contributed by atoms with E-state index in [0.717, 1.165) is 24.4 Å². The van der Waals surface area contributed by atoms with Crippen LogP contribution in [-0.2, 0) is 6.42 Å². The Morgan fingerprint density at radius 3 is 2.52 bits per heavy atom. The lowest BCUT2D eigenvalue weighted by Crippen LogP contribution is -2.18. The minimum Gasteiger partial charge on any atom is -0.310 e. The Labute approximate surface area is 124 Å². The number of nitrogens with zero attached hydrogens (tertiary/aromatic N) is 2. The van der Waals surface area contributed by atoms with Crippen LogP contribution in [0.15, 0.2) is 24.3 Å². The lowest BCUT2D eigenvalue weighted by atomic mass is 10.0. The zero-order valence-corrected chi connectivity index (χ0v) is 12.5. The molecule has 1 aliphatic rings. The van der Waals surface area contributed by atoms with Gasteiger partial charge in [0.1, 0.15) is 11.6 Å². The molecule has 21 heavy (non-hydrogen) atoms. The van der Waals surface area contributed by atoms with Gasteiger partial charge in [0, 0.05) is 29.4 Å². The Kier molecular flexibility index (Phi) is 3.97. The van der Waals surface area contributed by atoms with Crippen LogP contribution in [0.1, 0.15) is 47.2 Å². The molecule has 3 rings (SSSR count). The molecule has 1 aromatic heterocycles. The molecular weight excluding hydrogens is 265 g/mol. The molecule has 110 valence electrons. The van der Waals surface area contributed by atoms with E-state index in [1.807, 2.05) is 19.9 Å². The molecule has 1 unspecified atom stereocenters. The van der Waals surface area contributed by atoms with Gasteiger partial charge in [-0.05, 0) is 44.9 Å². The summed E-state index contributed by atoms with van der Waals surface area (Å²) in [7, 11) is 0. The molecule has 1 saturated heterocycles. The normalized spacial score (nSPS) is 18.1. The highest BCUT2D eigenvalue weighted by Crippen LogP contribution is 2.27. The van der Waals surface area contributed by atoms with E-state index in [0.29, 0.717) is 23.9 Å². The van der Waals surface area contributed by atoms with Gasteiger partial charge in [-0.3, -0.25) is 0 Å². The summed E-state index contributed by atoms with van der Waals surface area (Å²) >= 11 is 0. The fourth-order valence-electron chi connectivity index (χ4n) is 3.12. The first-order valence-corrected chi connectivity index (χ1v) is 7.46. The van der Waals surface area contributed by atoms with Crippen LogP contribution >= 0.6 is 0 Å². The Hall–Kier alpha value is -1.81. The van der Waals surface area contributed by atoms with Gasteiger partial charge in [-0.25, -0.2) is 14.4 Å². The van der Waals surface area contributed by atoms with E-state index in [1.54, 1.807) is 12.1 Å². The van der Waals surface area contributed by atoms with Crippen LogP contribution in [0, 0.1) is 19.7 Å². The molecule has 2 heterocycles. The van der Waals surface area contributed by atoms with E-state index >= 15 is 0 Å². The molecule has 1 N–H and O–H groups in total. The van der Waals surface area contributed by atoms with Gasteiger partial charge in [-0.2, -0.15) is 0 Å². The van der Waals surface area contributed by atoms with Gasteiger partial charge in [-0.15, -0.1) is 0 Å². The molecule has 2 aromatic rings. The van der Waals surface area contributed by atoms with E-state index in [4.69, 9.17) is 0 Å².